The second-order valence-corrected chi connectivity index (χ2v) is 5.14. The first-order valence-electron chi connectivity index (χ1n) is 6.99. The molecular weight excluding hydrogens is 257 g/mol. The third-order valence-corrected chi connectivity index (χ3v) is 3.04. The number of hydrogen-bond acceptors (Lipinski definition) is 3. The van der Waals surface area contributed by atoms with Gasteiger partial charge in [-0.2, -0.15) is 0 Å². The summed E-state index contributed by atoms with van der Waals surface area (Å²) >= 11 is 0. The van der Waals surface area contributed by atoms with Gasteiger partial charge in [-0.1, -0.05) is 6.92 Å². The molecule has 1 amide bonds. The van der Waals surface area contributed by atoms with Gasteiger partial charge >= 0.3 is 0 Å². The highest BCUT2D eigenvalue weighted by Gasteiger charge is 2.17. The molecule has 0 bridgehead atoms. The van der Waals surface area contributed by atoms with E-state index in [-0.39, 0.29) is 18.4 Å². The van der Waals surface area contributed by atoms with Crippen LogP contribution in [0.5, 0.6) is 0 Å². The first kappa shape index (κ1) is 16.4. The Morgan fingerprint density at radius 1 is 1.45 bits per heavy atom. The largest absolute Gasteiger partial charge is 0.368 e. The zero-order valence-corrected chi connectivity index (χ0v) is 12.4. The average Bonchev–Trinajstić information content (AvgIpc) is 2.36. The summed E-state index contributed by atoms with van der Waals surface area (Å²) in [5.41, 5.74) is 6.99. The molecule has 0 saturated carbocycles. The Bertz CT molecular complexity index is 449. The Morgan fingerprint density at radius 2 is 2.15 bits per heavy atom. The lowest BCUT2D eigenvalue weighted by molar-refractivity contribution is -0.116. The monoisotopic (exact) mass is 281 g/mol. The van der Waals surface area contributed by atoms with Crippen molar-refractivity contribution >= 4 is 11.6 Å². The highest BCUT2D eigenvalue weighted by molar-refractivity contribution is 5.80. The van der Waals surface area contributed by atoms with Crippen molar-refractivity contribution in [3.8, 4) is 0 Å². The first-order chi connectivity index (χ1) is 9.45. The van der Waals surface area contributed by atoms with E-state index < -0.39 is 5.91 Å². The highest BCUT2D eigenvalue weighted by atomic mass is 19.1. The standard InChI is InChI=1S/C15H24FN3O/c1-4-7-18-9-12-8-13(16)5-6-14(12)19(11(2)3)10-15(17)20/h5-6,8,11,18H,4,7,9-10H2,1-3H3,(H2,17,20). The van der Waals surface area contributed by atoms with Crippen molar-refractivity contribution in [3.05, 3.63) is 29.6 Å². The fraction of sp³-hybridized carbons (Fsp3) is 0.533. The number of nitrogens with two attached hydrogens (primary N) is 1. The van der Waals surface area contributed by atoms with Crippen LogP contribution >= 0.6 is 0 Å². The van der Waals surface area contributed by atoms with Gasteiger partial charge in [-0.15, -0.1) is 0 Å². The molecule has 20 heavy (non-hydrogen) atoms. The summed E-state index contributed by atoms with van der Waals surface area (Å²) in [6, 6.07) is 4.74. The smallest absolute Gasteiger partial charge is 0.236 e. The molecule has 0 radical (unpaired) electrons. The predicted octanol–water partition coefficient (Wildman–Crippen LogP) is 2.03. The molecule has 5 heteroatoms. The Balaban J connectivity index is 3.02. The minimum atomic E-state index is -0.393. The van der Waals surface area contributed by atoms with Crippen molar-refractivity contribution in [2.75, 3.05) is 18.0 Å². The molecule has 0 unspecified atom stereocenters. The number of anilines is 1. The van der Waals surface area contributed by atoms with Gasteiger partial charge in [-0.05, 0) is 50.6 Å². The van der Waals surface area contributed by atoms with Gasteiger partial charge in [0.05, 0.1) is 6.54 Å². The lowest BCUT2D eigenvalue weighted by Crippen LogP contribution is -2.39. The number of rotatable bonds is 8. The normalized spacial score (nSPS) is 10.8. The number of amides is 1. The molecule has 3 N–H and O–H groups in total. The van der Waals surface area contributed by atoms with Gasteiger partial charge in [0.1, 0.15) is 5.82 Å². The molecule has 0 aliphatic rings. The molecule has 0 aliphatic heterocycles. The van der Waals surface area contributed by atoms with Crippen molar-refractivity contribution < 1.29 is 9.18 Å². The van der Waals surface area contributed by atoms with Gasteiger partial charge in [0.25, 0.3) is 0 Å². The van der Waals surface area contributed by atoms with Crippen LogP contribution in [0.2, 0.25) is 0 Å². The fourth-order valence-electron chi connectivity index (χ4n) is 2.09. The van der Waals surface area contributed by atoms with E-state index >= 15 is 0 Å². The SMILES string of the molecule is CCCNCc1cc(F)ccc1N(CC(N)=O)C(C)C. The quantitative estimate of drug-likeness (QED) is 0.717. The molecule has 112 valence electrons. The second kappa shape index (κ2) is 7.85. The molecule has 0 fully saturated rings. The molecule has 0 atom stereocenters. The van der Waals surface area contributed by atoms with E-state index in [0.717, 1.165) is 24.2 Å². The van der Waals surface area contributed by atoms with Gasteiger partial charge in [-0.25, -0.2) is 4.39 Å². The topological polar surface area (TPSA) is 58.4 Å². The molecule has 0 spiro atoms. The van der Waals surface area contributed by atoms with Crippen LogP contribution in [0, 0.1) is 5.82 Å². The number of nitrogens with one attached hydrogen (secondary N) is 1. The summed E-state index contributed by atoms with van der Waals surface area (Å²) in [4.78, 5) is 13.1. The van der Waals surface area contributed by atoms with Crippen molar-refractivity contribution in [2.45, 2.75) is 39.8 Å². The maximum Gasteiger partial charge on any atom is 0.236 e. The summed E-state index contributed by atoms with van der Waals surface area (Å²) in [6.07, 6.45) is 1.01. The van der Waals surface area contributed by atoms with E-state index in [4.69, 9.17) is 5.73 Å². The van der Waals surface area contributed by atoms with Crippen LogP contribution in [-0.4, -0.2) is 25.0 Å². The lowest BCUT2D eigenvalue weighted by atomic mass is 10.1. The molecular formula is C15H24FN3O. The van der Waals surface area contributed by atoms with Crippen LogP contribution in [0.25, 0.3) is 0 Å². The minimum absolute atomic E-state index is 0.109. The number of hydrogen-bond donors (Lipinski definition) is 2. The number of primary amides is 1. The number of carbonyl (C=O) groups is 1. The Morgan fingerprint density at radius 3 is 2.70 bits per heavy atom. The molecule has 0 aromatic heterocycles. The van der Waals surface area contributed by atoms with Gasteiger partial charge < -0.3 is 16.0 Å². The van der Waals surface area contributed by atoms with E-state index in [0.29, 0.717) is 6.54 Å². The van der Waals surface area contributed by atoms with Crippen molar-refractivity contribution in [1.82, 2.24) is 5.32 Å². The zero-order chi connectivity index (χ0) is 15.1. The van der Waals surface area contributed by atoms with E-state index in [2.05, 4.69) is 12.2 Å². The summed E-state index contributed by atoms with van der Waals surface area (Å²) in [5, 5.41) is 3.26. The summed E-state index contributed by atoms with van der Waals surface area (Å²) in [6.45, 7) is 7.61. The molecule has 1 aromatic rings. The highest BCUT2D eigenvalue weighted by Crippen LogP contribution is 2.23. The van der Waals surface area contributed by atoms with E-state index in [1.165, 1.54) is 12.1 Å². The van der Waals surface area contributed by atoms with Crippen molar-refractivity contribution in [3.63, 3.8) is 0 Å². The molecule has 1 rings (SSSR count). The minimum Gasteiger partial charge on any atom is -0.368 e. The number of nitrogens with zero attached hydrogens (tertiary/aromatic N) is 1. The molecule has 0 heterocycles. The average molecular weight is 281 g/mol. The van der Waals surface area contributed by atoms with Gasteiger partial charge in [0, 0.05) is 18.3 Å². The van der Waals surface area contributed by atoms with Gasteiger partial charge in [0.15, 0.2) is 0 Å². The van der Waals surface area contributed by atoms with E-state index in [1.54, 1.807) is 6.07 Å². The number of halogens is 1. The Kier molecular flexibility index (Phi) is 6.45. The van der Waals surface area contributed by atoms with Crippen LogP contribution in [-0.2, 0) is 11.3 Å². The number of benzene rings is 1. The maximum absolute atomic E-state index is 13.4. The molecule has 0 aliphatic carbocycles. The summed E-state index contributed by atoms with van der Waals surface area (Å²) in [5.74, 6) is -0.666. The predicted molar refractivity (Wildman–Crippen MR) is 80.1 cm³/mol. The summed E-state index contributed by atoms with van der Waals surface area (Å²) in [7, 11) is 0. The van der Waals surface area contributed by atoms with E-state index in [1.807, 2.05) is 18.7 Å². The first-order valence-corrected chi connectivity index (χ1v) is 6.99. The summed E-state index contributed by atoms with van der Waals surface area (Å²) < 4.78 is 13.4. The van der Waals surface area contributed by atoms with Gasteiger partial charge in [0.2, 0.25) is 5.91 Å². The third-order valence-electron chi connectivity index (χ3n) is 3.04. The van der Waals surface area contributed by atoms with Gasteiger partial charge in [-0.3, -0.25) is 4.79 Å². The third kappa shape index (κ3) is 4.81. The van der Waals surface area contributed by atoms with E-state index in [9.17, 15) is 9.18 Å². The van der Waals surface area contributed by atoms with Crippen LogP contribution < -0.4 is 16.0 Å². The van der Waals surface area contributed by atoms with Crippen LogP contribution in [0.15, 0.2) is 18.2 Å². The Hall–Kier alpha value is -1.62. The molecule has 1 aromatic carbocycles. The second-order valence-electron chi connectivity index (χ2n) is 5.14. The van der Waals surface area contributed by atoms with Crippen LogP contribution in [0.4, 0.5) is 10.1 Å². The van der Waals surface area contributed by atoms with Crippen LogP contribution in [0.3, 0.4) is 0 Å². The zero-order valence-electron chi connectivity index (χ0n) is 12.4. The maximum atomic E-state index is 13.4. The lowest BCUT2D eigenvalue weighted by Gasteiger charge is -2.30. The van der Waals surface area contributed by atoms with Crippen molar-refractivity contribution in [2.24, 2.45) is 5.73 Å². The molecule has 0 saturated heterocycles. The fourth-order valence-corrected chi connectivity index (χ4v) is 2.09. The number of carbonyl (C=O) groups excluding carboxylic acids is 1. The van der Waals surface area contributed by atoms with Crippen molar-refractivity contribution in [1.29, 1.82) is 0 Å². The van der Waals surface area contributed by atoms with Crippen LogP contribution in [0.1, 0.15) is 32.8 Å². The molecule has 4 nitrogen and oxygen atoms in total. The Labute approximate surface area is 120 Å².